The van der Waals surface area contributed by atoms with Crippen molar-refractivity contribution in [2.45, 2.75) is 65.0 Å². The largest absolute Gasteiger partial charge is 0.381 e. The van der Waals surface area contributed by atoms with Gasteiger partial charge in [-0.05, 0) is 51.6 Å². The number of rotatable bonds is 6. The Morgan fingerprint density at radius 3 is 2.54 bits per heavy atom. The molecule has 0 radical (unpaired) electrons. The van der Waals surface area contributed by atoms with Crippen LogP contribution >= 0.6 is 0 Å². The Morgan fingerprint density at radius 2 is 1.88 bits per heavy atom. The Balaban J connectivity index is 1.45. The summed E-state index contributed by atoms with van der Waals surface area (Å²) >= 11 is 0. The van der Waals surface area contributed by atoms with Gasteiger partial charge in [0, 0.05) is 31.6 Å². The van der Waals surface area contributed by atoms with Gasteiger partial charge >= 0.3 is 0 Å². The molecule has 2 saturated heterocycles. The lowest BCUT2D eigenvalue weighted by molar-refractivity contribution is -0.127. The van der Waals surface area contributed by atoms with Crippen molar-refractivity contribution in [1.29, 1.82) is 0 Å². The molecule has 0 aliphatic carbocycles. The summed E-state index contributed by atoms with van der Waals surface area (Å²) in [7, 11) is 0. The summed E-state index contributed by atoms with van der Waals surface area (Å²) in [6.07, 6.45) is 4.85. The minimum Gasteiger partial charge on any atom is -0.381 e. The summed E-state index contributed by atoms with van der Waals surface area (Å²) in [6, 6.07) is 0.383. The maximum Gasteiger partial charge on any atom is 0.248 e. The fourth-order valence-corrected chi connectivity index (χ4v) is 3.86. The molecule has 0 bridgehead atoms. The predicted molar refractivity (Wildman–Crippen MR) is 97.5 cm³/mol. The first-order valence-corrected chi connectivity index (χ1v) is 9.97. The lowest BCUT2D eigenvalue weighted by Crippen LogP contribution is -2.46. The lowest BCUT2D eigenvalue weighted by Gasteiger charge is -2.38. The summed E-state index contributed by atoms with van der Waals surface area (Å²) in [5.41, 5.74) is 0. The average molecular weight is 364 g/mol. The van der Waals surface area contributed by atoms with Crippen LogP contribution in [-0.2, 0) is 16.0 Å². The van der Waals surface area contributed by atoms with Gasteiger partial charge in [-0.1, -0.05) is 19.0 Å². The van der Waals surface area contributed by atoms with Gasteiger partial charge in [0.15, 0.2) is 5.82 Å². The molecular formula is C19H32N4O3. The molecule has 0 spiro atoms. The molecule has 7 nitrogen and oxygen atoms in total. The smallest absolute Gasteiger partial charge is 0.248 e. The van der Waals surface area contributed by atoms with E-state index in [1.807, 2.05) is 6.92 Å². The number of hydrogen-bond acceptors (Lipinski definition) is 6. The third kappa shape index (κ3) is 5.04. The first-order chi connectivity index (χ1) is 12.5. The van der Waals surface area contributed by atoms with Crippen LogP contribution in [0.3, 0.4) is 0 Å². The molecule has 2 aliphatic rings. The summed E-state index contributed by atoms with van der Waals surface area (Å²) in [5.74, 6) is 1.86. The number of nitrogens with one attached hydrogen (secondary N) is 1. The zero-order chi connectivity index (χ0) is 18.5. The van der Waals surface area contributed by atoms with E-state index in [2.05, 4.69) is 34.2 Å². The number of amides is 1. The number of piperidine rings is 1. The molecule has 2 aliphatic heterocycles. The van der Waals surface area contributed by atoms with Crippen LogP contribution in [0.1, 0.15) is 64.2 Å². The standard InChI is InChI=1S/C19H32N4O3/c1-13(2)12-17-21-19(26-22-17)14(3)20-18(24)15-4-8-23(9-5-15)16-6-10-25-11-7-16/h13-16H,4-12H2,1-3H3,(H,20,24). The molecule has 1 amide bonds. The molecule has 2 fully saturated rings. The predicted octanol–water partition coefficient (Wildman–Crippen LogP) is 2.34. The maximum absolute atomic E-state index is 12.6. The molecular weight excluding hydrogens is 332 g/mol. The molecule has 3 heterocycles. The van der Waals surface area contributed by atoms with E-state index in [1.165, 1.54) is 0 Å². The van der Waals surface area contributed by atoms with Crippen LogP contribution in [0.25, 0.3) is 0 Å². The van der Waals surface area contributed by atoms with Crippen molar-refractivity contribution in [1.82, 2.24) is 20.4 Å². The number of hydrogen-bond donors (Lipinski definition) is 1. The SMILES string of the molecule is CC(C)Cc1noc(C(C)NC(=O)C2CCN(C3CCOCC3)CC2)n1. The van der Waals surface area contributed by atoms with Crippen molar-refractivity contribution in [2.24, 2.45) is 11.8 Å². The van der Waals surface area contributed by atoms with Gasteiger partial charge in [-0.2, -0.15) is 4.98 Å². The van der Waals surface area contributed by atoms with Crippen LogP contribution < -0.4 is 5.32 Å². The highest BCUT2D eigenvalue weighted by molar-refractivity contribution is 5.79. The van der Waals surface area contributed by atoms with Gasteiger partial charge in [-0.25, -0.2) is 0 Å². The molecule has 1 N–H and O–H groups in total. The lowest BCUT2D eigenvalue weighted by atomic mass is 9.93. The van der Waals surface area contributed by atoms with E-state index >= 15 is 0 Å². The van der Waals surface area contributed by atoms with E-state index in [9.17, 15) is 4.79 Å². The average Bonchev–Trinajstić information content (AvgIpc) is 3.10. The van der Waals surface area contributed by atoms with Gasteiger partial charge in [0.25, 0.3) is 0 Å². The van der Waals surface area contributed by atoms with E-state index in [1.54, 1.807) is 0 Å². The van der Waals surface area contributed by atoms with Gasteiger partial charge in [0.1, 0.15) is 6.04 Å². The fraction of sp³-hybridized carbons (Fsp3) is 0.842. The summed E-state index contributed by atoms with van der Waals surface area (Å²) in [5, 5.41) is 7.06. The topological polar surface area (TPSA) is 80.5 Å². The molecule has 0 aromatic carbocycles. The molecule has 7 heteroatoms. The van der Waals surface area contributed by atoms with E-state index < -0.39 is 0 Å². The molecule has 1 unspecified atom stereocenters. The number of aromatic nitrogens is 2. The van der Waals surface area contributed by atoms with Crippen LogP contribution in [-0.4, -0.2) is 53.3 Å². The normalized spacial score (nSPS) is 21.8. The van der Waals surface area contributed by atoms with Gasteiger partial charge in [0.05, 0.1) is 0 Å². The van der Waals surface area contributed by atoms with E-state index in [0.717, 1.165) is 58.4 Å². The van der Waals surface area contributed by atoms with Crippen molar-refractivity contribution >= 4 is 5.91 Å². The third-order valence-electron chi connectivity index (χ3n) is 5.41. The van der Waals surface area contributed by atoms with Crippen LogP contribution in [0.15, 0.2) is 4.52 Å². The molecule has 1 atom stereocenters. The first kappa shape index (κ1) is 19.3. The zero-order valence-corrected chi connectivity index (χ0v) is 16.2. The van der Waals surface area contributed by atoms with Gasteiger partial charge in [0.2, 0.25) is 11.8 Å². The molecule has 26 heavy (non-hydrogen) atoms. The Bertz CT molecular complexity index is 575. The van der Waals surface area contributed by atoms with E-state index in [-0.39, 0.29) is 17.9 Å². The van der Waals surface area contributed by atoms with Gasteiger partial charge in [-0.15, -0.1) is 0 Å². The molecule has 1 aromatic rings. The van der Waals surface area contributed by atoms with Crippen molar-refractivity contribution in [3.8, 4) is 0 Å². The molecule has 3 rings (SSSR count). The Morgan fingerprint density at radius 1 is 1.19 bits per heavy atom. The monoisotopic (exact) mass is 364 g/mol. The highest BCUT2D eigenvalue weighted by Gasteiger charge is 2.30. The molecule has 146 valence electrons. The van der Waals surface area contributed by atoms with Crippen molar-refractivity contribution in [2.75, 3.05) is 26.3 Å². The Labute approximate surface area is 155 Å². The van der Waals surface area contributed by atoms with E-state index in [0.29, 0.717) is 23.7 Å². The second-order valence-corrected chi connectivity index (χ2v) is 8.03. The fourth-order valence-electron chi connectivity index (χ4n) is 3.86. The van der Waals surface area contributed by atoms with Crippen molar-refractivity contribution in [3.63, 3.8) is 0 Å². The third-order valence-corrected chi connectivity index (χ3v) is 5.41. The summed E-state index contributed by atoms with van der Waals surface area (Å²) in [4.78, 5) is 19.6. The summed E-state index contributed by atoms with van der Waals surface area (Å²) in [6.45, 7) is 9.87. The number of carbonyl (C=O) groups excluding carboxylic acids is 1. The Hall–Kier alpha value is -1.47. The van der Waals surface area contributed by atoms with E-state index in [4.69, 9.17) is 9.26 Å². The summed E-state index contributed by atoms with van der Waals surface area (Å²) < 4.78 is 10.8. The minimum atomic E-state index is -0.246. The van der Waals surface area contributed by atoms with Crippen molar-refractivity contribution in [3.05, 3.63) is 11.7 Å². The number of carbonyl (C=O) groups is 1. The number of nitrogens with zero attached hydrogens (tertiary/aromatic N) is 3. The van der Waals surface area contributed by atoms with Crippen LogP contribution in [0, 0.1) is 11.8 Å². The Kier molecular flexibility index (Phi) is 6.64. The van der Waals surface area contributed by atoms with Crippen molar-refractivity contribution < 1.29 is 14.1 Å². The van der Waals surface area contributed by atoms with Crippen LogP contribution in [0.5, 0.6) is 0 Å². The second-order valence-electron chi connectivity index (χ2n) is 8.03. The minimum absolute atomic E-state index is 0.0756. The molecule has 0 saturated carbocycles. The quantitative estimate of drug-likeness (QED) is 0.834. The maximum atomic E-state index is 12.6. The van der Waals surface area contributed by atoms with Gasteiger partial charge < -0.3 is 19.5 Å². The number of ether oxygens (including phenoxy) is 1. The number of likely N-dealkylation sites (tertiary alicyclic amines) is 1. The highest BCUT2D eigenvalue weighted by atomic mass is 16.5. The van der Waals surface area contributed by atoms with Crippen LogP contribution in [0.2, 0.25) is 0 Å². The molecule has 1 aromatic heterocycles. The van der Waals surface area contributed by atoms with Gasteiger partial charge in [-0.3, -0.25) is 4.79 Å². The first-order valence-electron chi connectivity index (χ1n) is 9.97. The second kappa shape index (κ2) is 8.95. The highest BCUT2D eigenvalue weighted by Crippen LogP contribution is 2.24. The zero-order valence-electron chi connectivity index (χ0n) is 16.2. The van der Waals surface area contributed by atoms with Crippen LogP contribution in [0.4, 0.5) is 0 Å².